The third-order valence-corrected chi connectivity index (χ3v) is 6.05. The Hall–Kier alpha value is -1.68. The van der Waals surface area contributed by atoms with Gasteiger partial charge >= 0.3 is 5.97 Å². The Labute approximate surface area is 163 Å². The lowest BCUT2D eigenvalue weighted by molar-refractivity contribution is -0.142. The van der Waals surface area contributed by atoms with Gasteiger partial charge < -0.3 is 10.8 Å². The van der Waals surface area contributed by atoms with Crippen LogP contribution in [0.2, 0.25) is 0 Å². The summed E-state index contributed by atoms with van der Waals surface area (Å²) in [5.41, 5.74) is 7.71. The fourth-order valence-corrected chi connectivity index (χ4v) is 4.36. The fourth-order valence-electron chi connectivity index (χ4n) is 4.36. The number of rotatable bonds is 10. The van der Waals surface area contributed by atoms with Crippen molar-refractivity contribution >= 4 is 11.8 Å². The smallest absolute Gasteiger partial charge is 0.306 e. The van der Waals surface area contributed by atoms with Crippen LogP contribution in [0.25, 0.3) is 0 Å². The molecule has 1 aromatic carbocycles. The quantitative estimate of drug-likeness (QED) is 0.582. The highest BCUT2D eigenvalue weighted by molar-refractivity contribution is 5.97. The first-order chi connectivity index (χ1) is 12.9. The number of hydrogen-bond acceptors (Lipinski definition) is 3. The number of hydrogen-bond donors (Lipinski definition) is 2. The molecule has 1 aliphatic carbocycles. The SMILES string of the molecule is CCCC(CC(C)Cc1ccc(C(=O)C2CCC(CN)CC2)cc1)C(=O)O. The summed E-state index contributed by atoms with van der Waals surface area (Å²) in [6.45, 7) is 4.87. The average Bonchev–Trinajstić information content (AvgIpc) is 2.67. The maximum atomic E-state index is 12.7. The minimum absolute atomic E-state index is 0.142. The molecule has 0 spiro atoms. The third kappa shape index (κ3) is 6.46. The molecule has 4 heteroatoms. The van der Waals surface area contributed by atoms with Crippen molar-refractivity contribution in [2.24, 2.45) is 29.4 Å². The standard InChI is InChI=1S/C23H35NO3/c1-3-4-21(23(26)27)14-16(2)13-17-5-9-19(10-6-17)22(25)20-11-7-18(15-24)8-12-20/h5-6,9-10,16,18,20-21H,3-4,7-8,11-15,24H2,1-2H3,(H,26,27). The Morgan fingerprint density at radius 2 is 1.78 bits per heavy atom. The highest BCUT2D eigenvalue weighted by atomic mass is 16.4. The normalized spacial score (nSPS) is 22.2. The van der Waals surface area contributed by atoms with Gasteiger partial charge in [0.05, 0.1) is 5.92 Å². The van der Waals surface area contributed by atoms with E-state index in [1.807, 2.05) is 31.2 Å². The van der Waals surface area contributed by atoms with Crippen LogP contribution in [0.5, 0.6) is 0 Å². The van der Waals surface area contributed by atoms with E-state index in [4.69, 9.17) is 5.73 Å². The lowest BCUT2D eigenvalue weighted by Crippen LogP contribution is -2.25. The van der Waals surface area contributed by atoms with E-state index in [2.05, 4.69) is 6.92 Å². The van der Waals surface area contributed by atoms with Crippen LogP contribution in [0.1, 0.15) is 74.7 Å². The minimum Gasteiger partial charge on any atom is -0.481 e. The van der Waals surface area contributed by atoms with E-state index in [9.17, 15) is 14.7 Å². The van der Waals surface area contributed by atoms with Gasteiger partial charge in [0, 0.05) is 11.5 Å². The molecule has 0 bridgehead atoms. The Balaban J connectivity index is 1.89. The number of Topliss-reactive ketones (excluding diaryl/α,β-unsaturated/α-hetero) is 1. The Bertz CT molecular complexity index is 603. The lowest BCUT2D eigenvalue weighted by atomic mass is 9.78. The van der Waals surface area contributed by atoms with Crippen LogP contribution in [0.3, 0.4) is 0 Å². The van der Waals surface area contributed by atoms with Gasteiger partial charge in [-0.15, -0.1) is 0 Å². The van der Waals surface area contributed by atoms with Gasteiger partial charge in [0.15, 0.2) is 5.78 Å². The van der Waals surface area contributed by atoms with Crippen LogP contribution >= 0.6 is 0 Å². The first kappa shape index (κ1) is 21.6. The van der Waals surface area contributed by atoms with Crippen LogP contribution in [-0.4, -0.2) is 23.4 Å². The van der Waals surface area contributed by atoms with Gasteiger partial charge in [0.2, 0.25) is 0 Å². The average molecular weight is 374 g/mol. The van der Waals surface area contributed by atoms with E-state index in [1.165, 1.54) is 5.56 Å². The van der Waals surface area contributed by atoms with Crippen molar-refractivity contribution in [3.63, 3.8) is 0 Å². The highest BCUT2D eigenvalue weighted by Crippen LogP contribution is 2.30. The van der Waals surface area contributed by atoms with E-state index in [0.29, 0.717) is 18.3 Å². The number of carbonyl (C=O) groups excluding carboxylic acids is 1. The second-order valence-electron chi connectivity index (χ2n) is 8.38. The summed E-state index contributed by atoms with van der Waals surface area (Å²) in [5.74, 6) is 0.358. The molecule has 3 N–H and O–H groups in total. The molecule has 2 rings (SSSR count). The van der Waals surface area contributed by atoms with Gasteiger partial charge in [-0.3, -0.25) is 9.59 Å². The van der Waals surface area contributed by atoms with Crippen molar-refractivity contribution in [3.05, 3.63) is 35.4 Å². The van der Waals surface area contributed by atoms with Gasteiger partial charge in [-0.2, -0.15) is 0 Å². The predicted molar refractivity (Wildman–Crippen MR) is 109 cm³/mol. The maximum absolute atomic E-state index is 12.7. The van der Waals surface area contributed by atoms with E-state index in [1.54, 1.807) is 0 Å². The zero-order chi connectivity index (χ0) is 19.8. The van der Waals surface area contributed by atoms with Gasteiger partial charge in [-0.1, -0.05) is 44.5 Å². The fraction of sp³-hybridized carbons (Fsp3) is 0.652. The molecule has 27 heavy (non-hydrogen) atoms. The zero-order valence-electron chi connectivity index (χ0n) is 16.8. The summed E-state index contributed by atoms with van der Waals surface area (Å²) >= 11 is 0. The molecule has 1 aliphatic rings. The Morgan fingerprint density at radius 1 is 1.15 bits per heavy atom. The maximum Gasteiger partial charge on any atom is 0.306 e. The van der Waals surface area contributed by atoms with Gasteiger partial charge in [-0.05, 0) is 68.9 Å². The van der Waals surface area contributed by atoms with Crippen molar-refractivity contribution in [2.45, 2.75) is 65.2 Å². The van der Waals surface area contributed by atoms with Crippen molar-refractivity contribution in [2.75, 3.05) is 6.54 Å². The van der Waals surface area contributed by atoms with Crippen molar-refractivity contribution in [3.8, 4) is 0 Å². The van der Waals surface area contributed by atoms with Crippen molar-refractivity contribution < 1.29 is 14.7 Å². The van der Waals surface area contributed by atoms with Gasteiger partial charge in [0.1, 0.15) is 0 Å². The van der Waals surface area contributed by atoms with Crippen LogP contribution in [0.4, 0.5) is 0 Å². The molecule has 0 heterocycles. The van der Waals surface area contributed by atoms with Crippen LogP contribution in [0, 0.1) is 23.7 Å². The molecule has 4 nitrogen and oxygen atoms in total. The summed E-state index contributed by atoms with van der Waals surface area (Å²) in [4.78, 5) is 24.1. The number of benzene rings is 1. The van der Waals surface area contributed by atoms with E-state index in [0.717, 1.165) is 57.1 Å². The first-order valence-electron chi connectivity index (χ1n) is 10.5. The molecule has 0 aliphatic heterocycles. The molecule has 0 amide bonds. The Morgan fingerprint density at radius 3 is 2.30 bits per heavy atom. The molecule has 0 saturated heterocycles. The number of carbonyl (C=O) groups is 2. The molecule has 1 fully saturated rings. The van der Waals surface area contributed by atoms with E-state index < -0.39 is 5.97 Å². The lowest BCUT2D eigenvalue weighted by Gasteiger charge is -2.26. The van der Waals surface area contributed by atoms with Crippen LogP contribution in [-0.2, 0) is 11.2 Å². The Kier molecular flexibility index (Phi) is 8.49. The van der Waals surface area contributed by atoms with Gasteiger partial charge in [0.25, 0.3) is 0 Å². The van der Waals surface area contributed by atoms with Crippen molar-refractivity contribution in [1.29, 1.82) is 0 Å². The van der Waals surface area contributed by atoms with Gasteiger partial charge in [-0.25, -0.2) is 0 Å². The second kappa shape index (κ2) is 10.6. The first-order valence-corrected chi connectivity index (χ1v) is 10.5. The van der Waals surface area contributed by atoms with Crippen LogP contribution in [0.15, 0.2) is 24.3 Å². The summed E-state index contributed by atoms with van der Waals surface area (Å²) < 4.78 is 0. The van der Waals surface area contributed by atoms with E-state index in [-0.39, 0.29) is 17.6 Å². The second-order valence-corrected chi connectivity index (χ2v) is 8.38. The van der Waals surface area contributed by atoms with E-state index >= 15 is 0 Å². The minimum atomic E-state index is -0.686. The summed E-state index contributed by atoms with van der Waals surface area (Å²) in [6.07, 6.45) is 7.21. The third-order valence-electron chi connectivity index (χ3n) is 6.05. The topological polar surface area (TPSA) is 80.4 Å². The number of ketones is 1. The molecule has 0 radical (unpaired) electrons. The molecule has 2 atom stereocenters. The predicted octanol–water partition coefficient (Wildman–Crippen LogP) is 4.70. The summed E-state index contributed by atoms with van der Waals surface area (Å²) in [7, 11) is 0. The molecule has 1 aromatic rings. The van der Waals surface area contributed by atoms with Crippen molar-refractivity contribution in [1.82, 2.24) is 0 Å². The largest absolute Gasteiger partial charge is 0.481 e. The highest BCUT2D eigenvalue weighted by Gasteiger charge is 2.26. The molecule has 2 unspecified atom stereocenters. The molecule has 0 aromatic heterocycles. The number of aliphatic carboxylic acids is 1. The monoisotopic (exact) mass is 373 g/mol. The van der Waals surface area contributed by atoms with Crippen LogP contribution < -0.4 is 5.73 Å². The number of carboxylic acid groups (broad SMARTS) is 1. The summed E-state index contributed by atoms with van der Waals surface area (Å²) in [5, 5.41) is 9.33. The summed E-state index contributed by atoms with van der Waals surface area (Å²) in [6, 6.07) is 7.95. The zero-order valence-corrected chi connectivity index (χ0v) is 16.8. The number of carboxylic acids is 1. The molecule has 1 saturated carbocycles. The molecular formula is C23H35NO3. The molecule has 150 valence electrons. The molecular weight excluding hydrogens is 338 g/mol. The number of nitrogens with two attached hydrogens (primary N) is 1.